The molecule has 0 aromatic carbocycles. The summed E-state index contributed by atoms with van der Waals surface area (Å²) in [6.45, 7) is 6.57. The van der Waals surface area contributed by atoms with E-state index in [4.69, 9.17) is 4.74 Å². The summed E-state index contributed by atoms with van der Waals surface area (Å²) in [4.78, 5) is 0. The third-order valence-electron chi connectivity index (χ3n) is 2.76. The van der Waals surface area contributed by atoms with Crippen LogP contribution in [0.25, 0.3) is 0 Å². The number of ether oxygens (including phenoxy) is 1. The van der Waals surface area contributed by atoms with Crippen LogP contribution in [0.5, 0.6) is 0 Å². The molecule has 1 heterocycles. The lowest BCUT2D eigenvalue weighted by molar-refractivity contribution is 0.100. The zero-order valence-corrected chi connectivity index (χ0v) is 10.8. The quantitative estimate of drug-likeness (QED) is 0.649. The van der Waals surface area contributed by atoms with E-state index in [-0.39, 0.29) is 0 Å². The van der Waals surface area contributed by atoms with Gasteiger partial charge >= 0.3 is 0 Å². The van der Waals surface area contributed by atoms with Crippen molar-refractivity contribution in [2.45, 2.75) is 44.3 Å². The Kier molecular flexibility index (Phi) is 8.44. The van der Waals surface area contributed by atoms with Crippen molar-refractivity contribution in [2.75, 3.05) is 32.1 Å². The molecule has 0 spiro atoms. The van der Waals surface area contributed by atoms with Crippen LogP contribution in [0.3, 0.4) is 0 Å². The molecule has 0 aromatic rings. The van der Waals surface area contributed by atoms with Crippen molar-refractivity contribution in [1.82, 2.24) is 5.32 Å². The minimum atomic E-state index is 0.858. The van der Waals surface area contributed by atoms with Crippen molar-refractivity contribution < 1.29 is 4.74 Å². The molecule has 0 aromatic heterocycles. The van der Waals surface area contributed by atoms with Gasteiger partial charge < -0.3 is 10.1 Å². The third kappa shape index (κ3) is 7.20. The van der Waals surface area contributed by atoms with Gasteiger partial charge in [-0.2, -0.15) is 11.8 Å². The second kappa shape index (κ2) is 9.49. The molecule has 0 radical (unpaired) electrons. The minimum absolute atomic E-state index is 0.858. The van der Waals surface area contributed by atoms with Crippen LogP contribution in [0.1, 0.15) is 39.0 Å². The predicted molar refractivity (Wildman–Crippen MR) is 68.7 cm³/mol. The number of hydrogen-bond donors (Lipinski definition) is 1. The summed E-state index contributed by atoms with van der Waals surface area (Å²) >= 11 is 2.12. The Labute approximate surface area is 98.5 Å². The van der Waals surface area contributed by atoms with E-state index in [1.165, 1.54) is 50.9 Å². The third-order valence-corrected chi connectivity index (χ3v) is 4.14. The van der Waals surface area contributed by atoms with Crippen LogP contribution in [-0.2, 0) is 4.74 Å². The zero-order chi connectivity index (χ0) is 10.8. The average Bonchev–Trinajstić information content (AvgIpc) is 2.29. The van der Waals surface area contributed by atoms with Crippen molar-refractivity contribution in [3.63, 3.8) is 0 Å². The van der Waals surface area contributed by atoms with Gasteiger partial charge in [-0.25, -0.2) is 0 Å². The fourth-order valence-electron chi connectivity index (χ4n) is 1.77. The highest BCUT2D eigenvalue weighted by molar-refractivity contribution is 7.99. The Morgan fingerprint density at radius 1 is 1.20 bits per heavy atom. The van der Waals surface area contributed by atoms with Crippen LogP contribution in [0, 0.1) is 0 Å². The molecule has 0 saturated carbocycles. The standard InChI is InChI=1S/C12H25NOS/c1-2-3-4-7-13-8-11-15-12-5-9-14-10-6-12/h12-13H,2-11H2,1H3. The van der Waals surface area contributed by atoms with E-state index in [1.807, 2.05) is 0 Å². The van der Waals surface area contributed by atoms with E-state index in [0.29, 0.717) is 0 Å². The molecule has 2 nitrogen and oxygen atoms in total. The number of nitrogens with one attached hydrogen (secondary N) is 1. The molecular formula is C12H25NOS. The summed E-state index contributed by atoms with van der Waals surface area (Å²) < 4.78 is 5.34. The number of rotatable bonds is 8. The summed E-state index contributed by atoms with van der Waals surface area (Å²) in [7, 11) is 0. The van der Waals surface area contributed by atoms with Crippen molar-refractivity contribution in [1.29, 1.82) is 0 Å². The van der Waals surface area contributed by atoms with Gasteiger partial charge in [0, 0.05) is 30.8 Å². The maximum Gasteiger partial charge on any atom is 0.0476 e. The lowest BCUT2D eigenvalue weighted by atomic mass is 10.2. The van der Waals surface area contributed by atoms with Crippen LogP contribution in [0.4, 0.5) is 0 Å². The SMILES string of the molecule is CCCCCNCCSC1CCOCC1. The van der Waals surface area contributed by atoms with Crippen LogP contribution >= 0.6 is 11.8 Å². The van der Waals surface area contributed by atoms with Gasteiger partial charge in [0.1, 0.15) is 0 Å². The average molecular weight is 231 g/mol. The first kappa shape index (κ1) is 13.3. The number of thioether (sulfide) groups is 1. The lowest BCUT2D eigenvalue weighted by Gasteiger charge is -2.21. The van der Waals surface area contributed by atoms with Gasteiger partial charge in [-0.3, -0.25) is 0 Å². The van der Waals surface area contributed by atoms with Crippen LogP contribution in [0.2, 0.25) is 0 Å². The molecule has 0 bridgehead atoms. The van der Waals surface area contributed by atoms with E-state index in [2.05, 4.69) is 24.0 Å². The van der Waals surface area contributed by atoms with E-state index in [1.54, 1.807) is 0 Å². The lowest BCUT2D eigenvalue weighted by Crippen LogP contribution is -2.22. The van der Waals surface area contributed by atoms with Crippen molar-refractivity contribution >= 4 is 11.8 Å². The highest BCUT2D eigenvalue weighted by Gasteiger charge is 2.13. The minimum Gasteiger partial charge on any atom is -0.381 e. The Morgan fingerprint density at radius 3 is 2.73 bits per heavy atom. The van der Waals surface area contributed by atoms with Crippen molar-refractivity contribution in [3.8, 4) is 0 Å². The molecule has 1 fully saturated rings. The van der Waals surface area contributed by atoms with E-state index in [0.717, 1.165) is 18.5 Å². The molecule has 0 aliphatic carbocycles. The Balaban J connectivity index is 1.79. The molecule has 1 rings (SSSR count). The van der Waals surface area contributed by atoms with Gasteiger partial charge in [0.15, 0.2) is 0 Å². The zero-order valence-electron chi connectivity index (χ0n) is 9.96. The van der Waals surface area contributed by atoms with E-state index < -0.39 is 0 Å². The molecule has 1 saturated heterocycles. The van der Waals surface area contributed by atoms with Gasteiger partial charge in [0.25, 0.3) is 0 Å². The maximum absolute atomic E-state index is 5.34. The molecule has 1 aliphatic heterocycles. The summed E-state index contributed by atoms with van der Waals surface area (Å²) in [6.07, 6.45) is 6.51. The van der Waals surface area contributed by atoms with Crippen molar-refractivity contribution in [2.24, 2.45) is 0 Å². The molecule has 1 N–H and O–H groups in total. The van der Waals surface area contributed by atoms with Crippen LogP contribution in [-0.4, -0.2) is 37.3 Å². The first-order valence-electron chi connectivity index (χ1n) is 6.33. The summed E-state index contributed by atoms with van der Waals surface area (Å²) in [5, 5.41) is 4.37. The van der Waals surface area contributed by atoms with Gasteiger partial charge in [0.2, 0.25) is 0 Å². The monoisotopic (exact) mass is 231 g/mol. The fraction of sp³-hybridized carbons (Fsp3) is 1.00. The summed E-state index contributed by atoms with van der Waals surface area (Å²) in [6, 6.07) is 0. The van der Waals surface area contributed by atoms with Gasteiger partial charge in [-0.1, -0.05) is 19.8 Å². The van der Waals surface area contributed by atoms with Gasteiger partial charge in [-0.05, 0) is 25.8 Å². The smallest absolute Gasteiger partial charge is 0.0476 e. The Hall–Kier alpha value is 0.270. The normalized spacial score (nSPS) is 18.2. The van der Waals surface area contributed by atoms with Gasteiger partial charge in [-0.15, -0.1) is 0 Å². The highest BCUT2D eigenvalue weighted by atomic mass is 32.2. The first-order valence-corrected chi connectivity index (χ1v) is 7.38. The molecule has 90 valence electrons. The van der Waals surface area contributed by atoms with Crippen LogP contribution < -0.4 is 5.32 Å². The Morgan fingerprint density at radius 2 is 2.00 bits per heavy atom. The predicted octanol–water partition coefficient (Wildman–Crippen LogP) is 2.68. The second-order valence-electron chi connectivity index (χ2n) is 4.14. The largest absolute Gasteiger partial charge is 0.381 e. The molecule has 15 heavy (non-hydrogen) atoms. The topological polar surface area (TPSA) is 21.3 Å². The summed E-state index contributed by atoms with van der Waals surface area (Å²) in [5.74, 6) is 1.26. The number of unbranched alkanes of at least 4 members (excludes halogenated alkanes) is 2. The van der Waals surface area contributed by atoms with Gasteiger partial charge in [0.05, 0.1) is 0 Å². The Bertz CT molecular complexity index is 138. The number of hydrogen-bond acceptors (Lipinski definition) is 3. The molecule has 1 aliphatic rings. The molecule has 0 amide bonds. The fourth-order valence-corrected chi connectivity index (χ4v) is 2.89. The maximum atomic E-state index is 5.34. The summed E-state index contributed by atoms with van der Waals surface area (Å²) in [5.41, 5.74) is 0. The van der Waals surface area contributed by atoms with Crippen LogP contribution in [0.15, 0.2) is 0 Å². The molecule has 0 unspecified atom stereocenters. The highest BCUT2D eigenvalue weighted by Crippen LogP contribution is 2.21. The first-order chi connectivity index (χ1) is 7.43. The van der Waals surface area contributed by atoms with E-state index in [9.17, 15) is 0 Å². The molecule has 0 atom stereocenters. The molecular weight excluding hydrogens is 206 g/mol. The van der Waals surface area contributed by atoms with Crippen molar-refractivity contribution in [3.05, 3.63) is 0 Å². The van der Waals surface area contributed by atoms with E-state index >= 15 is 0 Å². The molecule has 3 heteroatoms. The second-order valence-corrected chi connectivity index (χ2v) is 5.55.